The SMILES string of the molecule is O=S(=O)(c1ccc(F)cc1)c1ccc(-c2ncnc(-c3ccccc3)n2)cc1. The van der Waals surface area contributed by atoms with E-state index in [-0.39, 0.29) is 9.79 Å². The van der Waals surface area contributed by atoms with Crippen molar-refractivity contribution in [1.29, 1.82) is 0 Å². The fraction of sp³-hybridized carbons (Fsp3) is 0. The van der Waals surface area contributed by atoms with Gasteiger partial charge >= 0.3 is 0 Å². The summed E-state index contributed by atoms with van der Waals surface area (Å²) in [5, 5.41) is 0. The van der Waals surface area contributed by atoms with Crippen molar-refractivity contribution in [1.82, 2.24) is 15.0 Å². The number of sulfone groups is 1. The number of aromatic nitrogens is 3. The molecule has 0 saturated heterocycles. The van der Waals surface area contributed by atoms with Crippen LogP contribution in [0.25, 0.3) is 22.8 Å². The lowest BCUT2D eigenvalue weighted by Gasteiger charge is -2.07. The molecule has 0 radical (unpaired) electrons. The molecule has 138 valence electrons. The van der Waals surface area contributed by atoms with Crippen LogP contribution in [0.2, 0.25) is 0 Å². The van der Waals surface area contributed by atoms with Gasteiger partial charge in [0.2, 0.25) is 9.84 Å². The van der Waals surface area contributed by atoms with Gasteiger partial charge in [-0.25, -0.2) is 27.8 Å². The molecule has 1 heterocycles. The van der Waals surface area contributed by atoms with Gasteiger partial charge in [0.25, 0.3) is 0 Å². The van der Waals surface area contributed by atoms with E-state index >= 15 is 0 Å². The summed E-state index contributed by atoms with van der Waals surface area (Å²) in [6.45, 7) is 0. The van der Waals surface area contributed by atoms with E-state index in [1.54, 1.807) is 12.1 Å². The van der Waals surface area contributed by atoms with Crippen LogP contribution >= 0.6 is 0 Å². The maximum absolute atomic E-state index is 13.1. The van der Waals surface area contributed by atoms with Crippen LogP contribution in [0.15, 0.2) is 95.0 Å². The average molecular weight is 391 g/mol. The Hall–Kier alpha value is -3.45. The molecule has 1 aromatic heterocycles. The lowest BCUT2D eigenvalue weighted by molar-refractivity contribution is 0.595. The normalized spacial score (nSPS) is 11.3. The zero-order valence-electron chi connectivity index (χ0n) is 14.5. The lowest BCUT2D eigenvalue weighted by atomic mass is 10.2. The fourth-order valence-electron chi connectivity index (χ4n) is 2.69. The molecule has 0 N–H and O–H groups in total. The molecule has 0 atom stereocenters. The van der Waals surface area contributed by atoms with E-state index in [1.807, 2.05) is 30.3 Å². The minimum absolute atomic E-state index is 0.0353. The maximum atomic E-state index is 13.1. The minimum atomic E-state index is -3.73. The van der Waals surface area contributed by atoms with E-state index in [1.165, 1.54) is 30.6 Å². The molecule has 0 aliphatic rings. The molecular weight excluding hydrogens is 377 g/mol. The highest BCUT2D eigenvalue weighted by Gasteiger charge is 2.18. The summed E-state index contributed by atoms with van der Waals surface area (Å²) < 4.78 is 38.4. The Balaban J connectivity index is 1.66. The van der Waals surface area contributed by atoms with Crippen LogP contribution in [0.1, 0.15) is 0 Å². The van der Waals surface area contributed by atoms with Gasteiger partial charge < -0.3 is 0 Å². The maximum Gasteiger partial charge on any atom is 0.206 e. The Labute approximate surface area is 161 Å². The van der Waals surface area contributed by atoms with Gasteiger partial charge in [-0.15, -0.1) is 0 Å². The molecule has 28 heavy (non-hydrogen) atoms. The summed E-state index contributed by atoms with van der Waals surface area (Å²) in [4.78, 5) is 13.0. The van der Waals surface area contributed by atoms with Crippen molar-refractivity contribution >= 4 is 9.84 Å². The quantitative estimate of drug-likeness (QED) is 0.488. The Kier molecular flexibility index (Phi) is 4.67. The van der Waals surface area contributed by atoms with Crippen LogP contribution in [0.5, 0.6) is 0 Å². The van der Waals surface area contributed by atoms with E-state index in [0.29, 0.717) is 17.2 Å². The van der Waals surface area contributed by atoms with Crippen LogP contribution in [0, 0.1) is 5.82 Å². The van der Waals surface area contributed by atoms with E-state index in [0.717, 1.165) is 17.7 Å². The molecule has 0 spiro atoms. The van der Waals surface area contributed by atoms with Gasteiger partial charge in [0.1, 0.15) is 12.1 Å². The molecule has 7 heteroatoms. The van der Waals surface area contributed by atoms with Gasteiger partial charge in [0.05, 0.1) is 9.79 Å². The molecule has 0 amide bonds. The third-order valence-electron chi connectivity index (χ3n) is 4.15. The van der Waals surface area contributed by atoms with Crippen LogP contribution in [-0.4, -0.2) is 23.4 Å². The van der Waals surface area contributed by atoms with Gasteiger partial charge in [-0.1, -0.05) is 30.3 Å². The standard InChI is InChI=1S/C21H14FN3O2S/c22-17-8-12-19(13-9-17)28(26,27)18-10-6-16(7-11-18)21-24-14-23-20(25-21)15-4-2-1-3-5-15/h1-14H. The fourth-order valence-corrected chi connectivity index (χ4v) is 3.96. The number of hydrogen-bond donors (Lipinski definition) is 0. The van der Waals surface area contributed by atoms with Crippen LogP contribution in [0.3, 0.4) is 0 Å². The Bertz CT molecular complexity index is 1210. The van der Waals surface area contributed by atoms with Crippen molar-refractivity contribution in [2.45, 2.75) is 9.79 Å². The molecule has 0 aliphatic heterocycles. The van der Waals surface area contributed by atoms with Crippen LogP contribution in [-0.2, 0) is 9.84 Å². The Morgan fingerprint density at radius 3 is 1.71 bits per heavy atom. The molecule has 4 rings (SSSR count). The summed E-state index contributed by atoms with van der Waals surface area (Å²) >= 11 is 0. The molecule has 0 aliphatic carbocycles. The lowest BCUT2D eigenvalue weighted by Crippen LogP contribution is -2.02. The molecule has 5 nitrogen and oxygen atoms in total. The third-order valence-corrected chi connectivity index (χ3v) is 5.94. The summed E-state index contributed by atoms with van der Waals surface area (Å²) in [6.07, 6.45) is 1.42. The van der Waals surface area contributed by atoms with Gasteiger partial charge in [-0.2, -0.15) is 0 Å². The van der Waals surface area contributed by atoms with Crippen molar-refractivity contribution in [3.63, 3.8) is 0 Å². The second kappa shape index (κ2) is 7.28. The topological polar surface area (TPSA) is 72.8 Å². The average Bonchev–Trinajstić information content (AvgIpc) is 2.75. The monoisotopic (exact) mass is 391 g/mol. The first kappa shape index (κ1) is 17.9. The molecular formula is C21H14FN3O2S. The zero-order chi connectivity index (χ0) is 19.6. The van der Waals surface area contributed by atoms with Gasteiger partial charge in [0.15, 0.2) is 11.6 Å². The minimum Gasteiger partial charge on any atom is -0.219 e. The third kappa shape index (κ3) is 3.52. The largest absolute Gasteiger partial charge is 0.219 e. The molecule has 0 unspecified atom stereocenters. The van der Waals surface area contributed by atoms with Crippen molar-refractivity contribution in [2.75, 3.05) is 0 Å². The first-order valence-electron chi connectivity index (χ1n) is 8.39. The molecule has 3 aromatic carbocycles. The molecule has 0 saturated carbocycles. The van der Waals surface area contributed by atoms with Crippen LogP contribution in [0.4, 0.5) is 4.39 Å². The van der Waals surface area contributed by atoms with Crippen molar-refractivity contribution in [3.05, 3.63) is 91.0 Å². The molecule has 4 aromatic rings. The Morgan fingerprint density at radius 2 is 1.14 bits per heavy atom. The number of rotatable bonds is 4. The molecule has 0 fully saturated rings. The van der Waals surface area contributed by atoms with E-state index in [9.17, 15) is 12.8 Å². The predicted molar refractivity (Wildman–Crippen MR) is 103 cm³/mol. The summed E-state index contributed by atoms with van der Waals surface area (Å²) in [7, 11) is -3.73. The number of nitrogens with zero attached hydrogens (tertiary/aromatic N) is 3. The first-order valence-corrected chi connectivity index (χ1v) is 9.88. The van der Waals surface area contributed by atoms with Gasteiger partial charge in [0, 0.05) is 11.1 Å². The number of halogens is 1. The summed E-state index contributed by atoms with van der Waals surface area (Å²) in [5.41, 5.74) is 1.53. The number of benzene rings is 3. The second-order valence-electron chi connectivity index (χ2n) is 5.98. The van der Waals surface area contributed by atoms with E-state index in [2.05, 4.69) is 15.0 Å². The van der Waals surface area contributed by atoms with Gasteiger partial charge in [-0.3, -0.25) is 0 Å². The van der Waals surface area contributed by atoms with Crippen molar-refractivity contribution < 1.29 is 12.8 Å². The Morgan fingerprint density at radius 1 is 0.643 bits per heavy atom. The first-order chi connectivity index (χ1) is 13.5. The number of hydrogen-bond acceptors (Lipinski definition) is 5. The smallest absolute Gasteiger partial charge is 0.206 e. The summed E-state index contributed by atoms with van der Waals surface area (Å²) in [6, 6.07) is 20.5. The highest BCUT2D eigenvalue weighted by atomic mass is 32.2. The highest BCUT2D eigenvalue weighted by Crippen LogP contribution is 2.24. The van der Waals surface area contributed by atoms with Crippen molar-refractivity contribution in [3.8, 4) is 22.8 Å². The highest BCUT2D eigenvalue weighted by molar-refractivity contribution is 7.91. The van der Waals surface area contributed by atoms with Crippen molar-refractivity contribution in [2.24, 2.45) is 0 Å². The second-order valence-corrected chi connectivity index (χ2v) is 7.93. The van der Waals surface area contributed by atoms with E-state index in [4.69, 9.17) is 0 Å². The zero-order valence-corrected chi connectivity index (χ0v) is 15.3. The van der Waals surface area contributed by atoms with Crippen LogP contribution < -0.4 is 0 Å². The van der Waals surface area contributed by atoms with Gasteiger partial charge in [-0.05, 0) is 48.5 Å². The molecule has 0 bridgehead atoms. The summed E-state index contributed by atoms with van der Waals surface area (Å²) in [5.74, 6) is 0.492. The van der Waals surface area contributed by atoms with E-state index < -0.39 is 15.7 Å². The predicted octanol–water partition coefficient (Wildman–Crippen LogP) is 4.18.